The molecule has 0 bridgehead atoms. The molecule has 0 aromatic heterocycles. The average molecular weight is 152 g/mol. The van der Waals surface area contributed by atoms with Crippen LogP contribution in [0.2, 0.25) is 0 Å². The van der Waals surface area contributed by atoms with Gasteiger partial charge in [-0.1, -0.05) is 12.8 Å². The summed E-state index contributed by atoms with van der Waals surface area (Å²) in [5, 5.41) is 9.82. The van der Waals surface area contributed by atoms with Gasteiger partial charge in [-0.2, -0.15) is 0 Å². The predicted octanol–water partition coefficient (Wildman–Crippen LogP) is 2.09. The van der Waals surface area contributed by atoms with Crippen molar-refractivity contribution in [3.8, 4) is 0 Å². The van der Waals surface area contributed by atoms with Crippen LogP contribution in [0, 0.1) is 10.8 Å². The van der Waals surface area contributed by atoms with E-state index in [1.165, 1.54) is 38.5 Å². The second kappa shape index (κ2) is 1.66. The highest BCUT2D eigenvalue weighted by Crippen LogP contribution is 2.79. The van der Waals surface area contributed by atoms with Crippen molar-refractivity contribution in [3.05, 3.63) is 0 Å². The zero-order valence-corrected chi connectivity index (χ0v) is 6.97. The largest absolute Gasteiger partial charge is 0.393 e. The van der Waals surface area contributed by atoms with Gasteiger partial charge in [-0.15, -0.1) is 0 Å². The maximum Gasteiger partial charge on any atom is 0.0602 e. The van der Waals surface area contributed by atoms with Crippen LogP contribution in [0.15, 0.2) is 0 Å². The van der Waals surface area contributed by atoms with Crippen molar-refractivity contribution in [1.29, 1.82) is 0 Å². The molecule has 1 heteroatoms. The molecule has 0 spiro atoms. The summed E-state index contributed by atoms with van der Waals surface area (Å²) in [6, 6.07) is 0. The van der Waals surface area contributed by atoms with Crippen LogP contribution in [0.1, 0.15) is 44.9 Å². The maximum absolute atomic E-state index is 9.82. The summed E-state index contributed by atoms with van der Waals surface area (Å²) in [5.41, 5.74) is 1.11. The number of rotatable bonds is 0. The van der Waals surface area contributed by atoms with Gasteiger partial charge in [0.15, 0.2) is 0 Å². The fraction of sp³-hybridized carbons (Fsp3) is 1.00. The first-order valence-corrected chi connectivity index (χ1v) is 4.97. The average Bonchev–Trinajstić information content (AvgIpc) is 2.63. The van der Waals surface area contributed by atoms with Crippen molar-refractivity contribution in [2.75, 3.05) is 0 Å². The van der Waals surface area contributed by atoms with Crippen LogP contribution in [0.25, 0.3) is 0 Å². The Morgan fingerprint density at radius 1 is 1.09 bits per heavy atom. The molecule has 0 unspecified atom stereocenters. The summed E-state index contributed by atoms with van der Waals surface area (Å²) in [7, 11) is 0. The normalized spacial score (nSPS) is 60.3. The molecule has 0 heterocycles. The standard InChI is InChI=1S/C10H16O/c11-8-3-6-9-4-1-2-5-10(8,9)7-9/h8,11H,1-7H2/t8-,9-,10-/m1/s1. The smallest absolute Gasteiger partial charge is 0.0602 e. The van der Waals surface area contributed by atoms with Gasteiger partial charge in [0.2, 0.25) is 0 Å². The van der Waals surface area contributed by atoms with E-state index in [2.05, 4.69) is 0 Å². The molecule has 3 aliphatic rings. The number of aliphatic hydroxyl groups excluding tert-OH is 1. The Bertz CT molecular complexity index is 193. The van der Waals surface area contributed by atoms with Crippen LogP contribution in [0.5, 0.6) is 0 Å². The zero-order chi connectivity index (χ0) is 7.53. The van der Waals surface area contributed by atoms with Gasteiger partial charge in [0.05, 0.1) is 6.10 Å². The van der Waals surface area contributed by atoms with Crippen LogP contribution in [0.4, 0.5) is 0 Å². The SMILES string of the molecule is O[C@@H]1CC[C@@]23CCCC[C@@]12C3. The second-order valence-corrected chi connectivity index (χ2v) is 4.87. The fourth-order valence-electron chi connectivity index (χ4n) is 3.94. The quantitative estimate of drug-likeness (QED) is 0.563. The number of aliphatic hydroxyl groups is 1. The topological polar surface area (TPSA) is 20.2 Å². The molecule has 62 valence electrons. The summed E-state index contributed by atoms with van der Waals surface area (Å²) in [5.74, 6) is 0. The Morgan fingerprint density at radius 2 is 1.91 bits per heavy atom. The third kappa shape index (κ3) is 0.547. The fourth-order valence-corrected chi connectivity index (χ4v) is 3.94. The zero-order valence-electron chi connectivity index (χ0n) is 6.97. The van der Waals surface area contributed by atoms with Gasteiger partial charge in [-0.05, 0) is 37.5 Å². The van der Waals surface area contributed by atoms with Gasteiger partial charge >= 0.3 is 0 Å². The van der Waals surface area contributed by atoms with Crippen molar-refractivity contribution in [2.45, 2.75) is 51.0 Å². The lowest BCUT2D eigenvalue weighted by molar-refractivity contribution is 0.0816. The van der Waals surface area contributed by atoms with Gasteiger partial charge in [0.25, 0.3) is 0 Å². The minimum atomic E-state index is 0.0720. The molecule has 1 N–H and O–H groups in total. The highest BCUT2D eigenvalue weighted by atomic mass is 16.3. The van der Waals surface area contributed by atoms with Crippen LogP contribution >= 0.6 is 0 Å². The summed E-state index contributed by atoms with van der Waals surface area (Å²) >= 11 is 0. The lowest BCUT2D eigenvalue weighted by Crippen LogP contribution is -2.23. The molecule has 3 saturated carbocycles. The first kappa shape index (κ1) is 6.47. The van der Waals surface area contributed by atoms with E-state index in [-0.39, 0.29) is 6.10 Å². The monoisotopic (exact) mass is 152 g/mol. The Kier molecular flexibility index (Phi) is 0.976. The molecule has 0 aromatic carbocycles. The molecular formula is C10H16O. The first-order valence-electron chi connectivity index (χ1n) is 4.97. The van der Waals surface area contributed by atoms with E-state index in [0.717, 1.165) is 6.42 Å². The Labute approximate surface area is 67.8 Å². The third-order valence-electron chi connectivity index (χ3n) is 4.65. The van der Waals surface area contributed by atoms with E-state index < -0.39 is 0 Å². The van der Waals surface area contributed by atoms with Crippen molar-refractivity contribution in [1.82, 2.24) is 0 Å². The molecule has 0 amide bonds. The van der Waals surface area contributed by atoms with E-state index in [4.69, 9.17) is 0 Å². The predicted molar refractivity (Wildman–Crippen MR) is 43.2 cm³/mol. The number of hydrogen-bond acceptors (Lipinski definition) is 1. The van der Waals surface area contributed by atoms with E-state index >= 15 is 0 Å². The molecule has 0 aliphatic heterocycles. The first-order chi connectivity index (χ1) is 5.29. The lowest BCUT2D eigenvalue weighted by atomic mass is 9.81. The van der Waals surface area contributed by atoms with Gasteiger partial charge in [0, 0.05) is 5.41 Å². The molecule has 0 aromatic rings. The Balaban J connectivity index is 1.96. The van der Waals surface area contributed by atoms with Gasteiger partial charge in [0.1, 0.15) is 0 Å². The van der Waals surface area contributed by atoms with Gasteiger partial charge in [-0.3, -0.25) is 0 Å². The molecule has 3 aliphatic carbocycles. The highest BCUT2D eigenvalue weighted by molar-refractivity contribution is 5.22. The molecule has 1 nitrogen and oxygen atoms in total. The third-order valence-corrected chi connectivity index (χ3v) is 4.65. The lowest BCUT2D eigenvalue weighted by Gasteiger charge is -2.25. The Hall–Kier alpha value is -0.0400. The van der Waals surface area contributed by atoms with E-state index in [0.29, 0.717) is 10.8 Å². The van der Waals surface area contributed by atoms with Crippen molar-refractivity contribution in [3.63, 3.8) is 0 Å². The molecular weight excluding hydrogens is 136 g/mol. The molecule has 3 atom stereocenters. The summed E-state index contributed by atoms with van der Waals surface area (Å²) in [6.07, 6.45) is 9.41. The number of hydrogen-bond donors (Lipinski definition) is 1. The molecule has 3 fully saturated rings. The summed E-state index contributed by atoms with van der Waals surface area (Å²) in [6.45, 7) is 0. The second-order valence-electron chi connectivity index (χ2n) is 4.87. The molecule has 11 heavy (non-hydrogen) atoms. The van der Waals surface area contributed by atoms with Crippen molar-refractivity contribution in [2.24, 2.45) is 10.8 Å². The summed E-state index contributed by atoms with van der Waals surface area (Å²) < 4.78 is 0. The van der Waals surface area contributed by atoms with Gasteiger partial charge < -0.3 is 5.11 Å². The minimum Gasteiger partial charge on any atom is -0.393 e. The summed E-state index contributed by atoms with van der Waals surface area (Å²) in [4.78, 5) is 0. The minimum absolute atomic E-state index is 0.0720. The van der Waals surface area contributed by atoms with Gasteiger partial charge in [-0.25, -0.2) is 0 Å². The van der Waals surface area contributed by atoms with Crippen LogP contribution < -0.4 is 0 Å². The highest BCUT2D eigenvalue weighted by Gasteiger charge is 2.73. The van der Waals surface area contributed by atoms with E-state index in [1.807, 2.05) is 0 Å². The maximum atomic E-state index is 9.82. The van der Waals surface area contributed by atoms with Crippen LogP contribution in [-0.4, -0.2) is 11.2 Å². The Morgan fingerprint density at radius 3 is 2.73 bits per heavy atom. The van der Waals surface area contributed by atoms with Crippen molar-refractivity contribution < 1.29 is 5.11 Å². The molecule has 0 saturated heterocycles. The van der Waals surface area contributed by atoms with E-state index in [1.54, 1.807) is 0 Å². The van der Waals surface area contributed by atoms with Crippen LogP contribution in [0.3, 0.4) is 0 Å². The van der Waals surface area contributed by atoms with Crippen molar-refractivity contribution >= 4 is 0 Å². The molecule has 3 rings (SSSR count). The van der Waals surface area contributed by atoms with E-state index in [9.17, 15) is 5.11 Å². The molecule has 0 radical (unpaired) electrons. The van der Waals surface area contributed by atoms with Crippen LogP contribution in [-0.2, 0) is 0 Å².